The van der Waals surface area contributed by atoms with Gasteiger partial charge in [-0.1, -0.05) is 24.8 Å². The summed E-state index contributed by atoms with van der Waals surface area (Å²) in [7, 11) is 0. The summed E-state index contributed by atoms with van der Waals surface area (Å²) in [5.41, 5.74) is 1.44. The van der Waals surface area contributed by atoms with Gasteiger partial charge in [0.25, 0.3) is 0 Å². The van der Waals surface area contributed by atoms with E-state index >= 15 is 0 Å². The van der Waals surface area contributed by atoms with Crippen molar-refractivity contribution in [3.63, 3.8) is 0 Å². The lowest BCUT2D eigenvalue weighted by Gasteiger charge is -2.36. The molecule has 1 aliphatic carbocycles. The molecule has 1 saturated heterocycles. The summed E-state index contributed by atoms with van der Waals surface area (Å²) in [5, 5.41) is 2.29. The number of amides is 2. The van der Waals surface area contributed by atoms with Crippen LogP contribution in [0.25, 0.3) is 0 Å². The number of allylic oxidation sites excluding steroid dienone is 5. The minimum Gasteiger partial charge on any atom is -0.296 e. The number of hydrogen-bond donors (Lipinski definition) is 1. The highest BCUT2D eigenvalue weighted by Crippen LogP contribution is 2.40. The second-order valence-corrected chi connectivity index (χ2v) is 4.47. The number of carbonyl (C=O) groups is 3. The average Bonchev–Trinajstić information content (AvgIpc) is 2.33. The first-order chi connectivity index (χ1) is 8.60. The van der Waals surface area contributed by atoms with E-state index in [1.54, 1.807) is 0 Å². The lowest BCUT2D eigenvalue weighted by Crippen LogP contribution is -2.48. The number of piperidine rings is 1. The monoisotopic (exact) mass is 245 g/mol. The molecule has 0 aromatic carbocycles. The summed E-state index contributed by atoms with van der Waals surface area (Å²) in [6.45, 7) is 5.47. The zero-order valence-corrected chi connectivity index (χ0v) is 10.2. The smallest absolute Gasteiger partial charge is 0.230 e. The van der Waals surface area contributed by atoms with Crippen LogP contribution in [-0.2, 0) is 14.4 Å². The summed E-state index contributed by atoms with van der Waals surface area (Å²) in [5.74, 6) is -1.49. The van der Waals surface area contributed by atoms with Crippen LogP contribution in [0.15, 0.2) is 36.0 Å². The SMILES string of the molecule is C=CC1=C(/C=C\C)C(C2CCC(=O)NC2=O)C1=O. The van der Waals surface area contributed by atoms with Gasteiger partial charge in [-0.25, -0.2) is 0 Å². The second-order valence-electron chi connectivity index (χ2n) is 4.47. The number of carbonyl (C=O) groups excluding carboxylic acids is 3. The minimum absolute atomic E-state index is 0.0485. The van der Waals surface area contributed by atoms with Crippen molar-refractivity contribution in [1.82, 2.24) is 5.32 Å². The van der Waals surface area contributed by atoms with Gasteiger partial charge in [-0.3, -0.25) is 19.7 Å². The Morgan fingerprint density at radius 2 is 2.06 bits per heavy atom. The molecule has 0 bridgehead atoms. The van der Waals surface area contributed by atoms with E-state index in [0.29, 0.717) is 18.4 Å². The van der Waals surface area contributed by atoms with Crippen LogP contribution in [0.3, 0.4) is 0 Å². The summed E-state index contributed by atoms with van der Waals surface area (Å²) < 4.78 is 0. The van der Waals surface area contributed by atoms with E-state index in [9.17, 15) is 14.4 Å². The number of Topliss-reactive ketones (excluding diaryl/α,β-unsaturated/α-hetero) is 1. The quantitative estimate of drug-likeness (QED) is 0.762. The Bertz CT molecular complexity index is 499. The highest BCUT2D eigenvalue weighted by molar-refractivity contribution is 6.13. The van der Waals surface area contributed by atoms with Gasteiger partial charge in [-0.05, 0) is 18.9 Å². The number of rotatable bonds is 3. The third-order valence-electron chi connectivity index (χ3n) is 3.43. The molecule has 94 valence electrons. The van der Waals surface area contributed by atoms with Gasteiger partial charge in [0.05, 0.1) is 11.8 Å². The second kappa shape index (κ2) is 4.72. The van der Waals surface area contributed by atoms with Crippen molar-refractivity contribution >= 4 is 17.6 Å². The van der Waals surface area contributed by atoms with Gasteiger partial charge in [-0.2, -0.15) is 0 Å². The predicted octanol–water partition coefficient (Wildman–Crippen LogP) is 1.30. The number of hydrogen-bond acceptors (Lipinski definition) is 3. The van der Waals surface area contributed by atoms with Crippen LogP contribution in [0, 0.1) is 11.8 Å². The molecule has 2 atom stereocenters. The van der Waals surface area contributed by atoms with Crippen LogP contribution in [0.2, 0.25) is 0 Å². The fourth-order valence-corrected chi connectivity index (χ4v) is 2.56. The molecular formula is C14H15NO3. The van der Waals surface area contributed by atoms with Crippen molar-refractivity contribution < 1.29 is 14.4 Å². The van der Waals surface area contributed by atoms with E-state index < -0.39 is 11.8 Å². The van der Waals surface area contributed by atoms with Gasteiger partial charge in [0.15, 0.2) is 5.78 Å². The zero-order chi connectivity index (χ0) is 13.3. The number of nitrogens with one attached hydrogen (secondary N) is 1. The Balaban J connectivity index is 2.27. The molecule has 4 nitrogen and oxygen atoms in total. The Hall–Kier alpha value is -1.97. The molecule has 0 spiro atoms. The normalized spacial score (nSPS) is 28.4. The van der Waals surface area contributed by atoms with Crippen LogP contribution in [-0.4, -0.2) is 17.6 Å². The van der Waals surface area contributed by atoms with Gasteiger partial charge in [0.2, 0.25) is 11.8 Å². The number of ketones is 1. The van der Waals surface area contributed by atoms with Gasteiger partial charge < -0.3 is 0 Å². The van der Waals surface area contributed by atoms with E-state index in [1.807, 2.05) is 19.1 Å². The summed E-state index contributed by atoms with van der Waals surface area (Å²) >= 11 is 0. The van der Waals surface area contributed by atoms with E-state index in [4.69, 9.17) is 0 Å². The summed E-state index contributed by atoms with van der Waals surface area (Å²) in [6.07, 6.45) is 5.94. The Morgan fingerprint density at radius 1 is 1.33 bits per heavy atom. The molecule has 1 aliphatic heterocycles. The maximum Gasteiger partial charge on any atom is 0.230 e. The summed E-state index contributed by atoms with van der Waals surface area (Å²) in [4.78, 5) is 34.8. The largest absolute Gasteiger partial charge is 0.296 e. The lowest BCUT2D eigenvalue weighted by atomic mass is 9.67. The lowest BCUT2D eigenvalue weighted by molar-refractivity contribution is -0.140. The van der Waals surface area contributed by atoms with Crippen molar-refractivity contribution in [2.45, 2.75) is 19.8 Å². The number of imide groups is 1. The zero-order valence-electron chi connectivity index (χ0n) is 10.2. The fourth-order valence-electron chi connectivity index (χ4n) is 2.56. The van der Waals surface area contributed by atoms with Crippen molar-refractivity contribution in [3.8, 4) is 0 Å². The third-order valence-corrected chi connectivity index (χ3v) is 3.43. The molecule has 1 heterocycles. The van der Waals surface area contributed by atoms with Crippen LogP contribution in [0.5, 0.6) is 0 Å². The molecule has 2 unspecified atom stereocenters. The van der Waals surface area contributed by atoms with Gasteiger partial charge in [0.1, 0.15) is 0 Å². The molecule has 2 rings (SSSR count). The molecule has 0 radical (unpaired) electrons. The predicted molar refractivity (Wildman–Crippen MR) is 66.4 cm³/mol. The van der Waals surface area contributed by atoms with Gasteiger partial charge >= 0.3 is 0 Å². The summed E-state index contributed by atoms with van der Waals surface area (Å²) in [6, 6.07) is 0. The van der Waals surface area contributed by atoms with E-state index in [1.165, 1.54) is 6.08 Å². The van der Waals surface area contributed by atoms with Crippen molar-refractivity contribution in [2.24, 2.45) is 11.8 Å². The molecule has 1 N–H and O–H groups in total. The molecule has 4 heteroatoms. The molecular weight excluding hydrogens is 230 g/mol. The third kappa shape index (κ3) is 1.83. The molecule has 2 amide bonds. The average molecular weight is 245 g/mol. The highest BCUT2D eigenvalue weighted by atomic mass is 16.2. The Kier molecular flexibility index (Phi) is 3.28. The Labute approximate surface area is 105 Å². The molecule has 0 aromatic heterocycles. The maximum atomic E-state index is 12.0. The molecule has 2 aliphatic rings. The standard InChI is InChI=1S/C14H15NO3/c1-3-5-9-8(4-2)13(17)12(9)10-6-7-11(16)15-14(10)18/h3-5,10,12H,2,6-7H2,1H3,(H,15,16,18)/b5-3-. The van der Waals surface area contributed by atoms with Crippen molar-refractivity contribution in [3.05, 3.63) is 36.0 Å². The Morgan fingerprint density at radius 3 is 2.61 bits per heavy atom. The van der Waals surface area contributed by atoms with Crippen LogP contribution in [0.4, 0.5) is 0 Å². The minimum atomic E-state index is -0.426. The van der Waals surface area contributed by atoms with Crippen LogP contribution < -0.4 is 5.32 Å². The van der Waals surface area contributed by atoms with Crippen LogP contribution >= 0.6 is 0 Å². The first-order valence-electron chi connectivity index (χ1n) is 5.97. The van der Waals surface area contributed by atoms with Gasteiger partial charge in [0, 0.05) is 12.0 Å². The van der Waals surface area contributed by atoms with E-state index in [0.717, 1.165) is 5.57 Å². The molecule has 0 aromatic rings. The van der Waals surface area contributed by atoms with E-state index in [-0.39, 0.29) is 17.6 Å². The molecule has 0 saturated carbocycles. The molecule has 1 fully saturated rings. The molecule has 18 heavy (non-hydrogen) atoms. The maximum absolute atomic E-state index is 12.0. The van der Waals surface area contributed by atoms with Crippen molar-refractivity contribution in [1.29, 1.82) is 0 Å². The topological polar surface area (TPSA) is 63.2 Å². The first-order valence-corrected chi connectivity index (χ1v) is 5.97. The highest BCUT2D eigenvalue weighted by Gasteiger charge is 2.45. The van der Waals surface area contributed by atoms with Crippen molar-refractivity contribution in [2.75, 3.05) is 0 Å². The van der Waals surface area contributed by atoms with Gasteiger partial charge in [-0.15, -0.1) is 0 Å². The van der Waals surface area contributed by atoms with Crippen LogP contribution in [0.1, 0.15) is 19.8 Å². The fraction of sp³-hybridized carbons (Fsp3) is 0.357. The first kappa shape index (κ1) is 12.5. The van der Waals surface area contributed by atoms with E-state index in [2.05, 4.69) is 11.9 Å².